The Bertz CT molecular complexity index is 753. The van der Waals surface area contributed by atoms with E-state index in [-0.39, 0.29) is 5.91 Å². The smallest absolute Gasteiger partial charge is 0.246 e. The maximum absolute atomic E-state index is 12.3. The van der Waals surface area contributed by atoms with Gasteiger partial charge in [0.15, 0.2) is 0 Å². The van der Waals surface area contributed by atoms with Crippen molar-refractivity contribution >= 4 is 12.0 Å². The maximum atomic E-state index is 12.3. The molecule has 0 saturated heterocycles. The summed E-state index contributed by atoms with van der Waals surface area (Å²) in [6.07, 6.45) is 3.35. The lowest BCUT2D eigenvalue weighted by atomic mass is 10.1. The minimum atomic E-state index is -0.0723. The molecule has 2 aromatic rings. The van der Waals surface area contributed by atoms with Crippen molar-refractivity contribution in [1.29, 1.82) is 0 Å². The summed E-state index contributed by atoms with van der Waals surface area (Å²) in [7, 11) is 3.39. The molecule has 4 nitrogen and oxygen atoms in total. The fourth-order valence-corrected chi connectivity index (χ4v) is 2.39. The largest absolute Gasteiger partial charge is 0.496 e. The van der Waals surface area contributed by atoms with Crippen molar-refractivity contribution in [2.75, 3.05) is 27.3 Å². The third kappa shape index (κ3) is 5.38. The zero-order valence-corrected chi connectivity index (χ0v) is 15.3. The van der Waals surface area contributed by atoms with Crippen LogP contribution in [0.25, 0.3) is 6.08 Å². The predicted molar refractivity (Wildman–Crippen MR) is 101 cm³/mol. The van der Waals surface area contributed by atoms with E-state index in [2.05, 4.69) is 0 Å². The molecule has 1 amide bonds. The van der Waals surface area contributed by atoms with Gasteiger partial charge in [-0.05, 0) is 43.7 Å². The zero-order valence-electron chi connectivity index (χ0n) is 15.3. The molecule has 0 aliphatic heterocycles. The summed E-state index contributed by atoms with van der Waals surface area (Å²) in [6.45, 7) is 4.98. The van der Waals surface area contributed by atoms with E-state index in [4.69, 9.17) is 9.47 Å². The van der Waals surface area contributed by atoms with Crippen molar-refractivity contribution in [3.63, 3.8) is 0 Å². The molecule has 25 heavy (non-hydrogen) atoms. The molecule has 0 radical (unpaired) electrons. The molecule has 0 aliphatic rings. The Hall–Kier alpha value is -2.75. The van der Waals surface area contributed by atoms with Crippen LogP contribution in [0.2, 0.25) is 0 Å². The van der Waals surface area contributed by atoms with Crippen molar-refractivity contribution in [3.8, 4) is 11.5 Å². The van der Waals surface area contributed by atoms with Gasteiger partial charge in [-0.25, -0.2) is 0 Å². The third-order valence-corrected chi connectivity index (χ3v) is 3.94. The minimum absolute atomic E-state index is 0.0723. The molecule has 0 aromatic heterocycles. The first kappa shape index (κ1) is 18.6. The van der Waals surface area contributed by atoms with Gasteiger partial charge >= 0.3 is 0 Å². The molecule has 0 fully saturated rings. The quantitative estimate of drug-likeness (QED) is 0.719. The van der Waals surface area contributed by atoms with Gasteiger partial charge in [0, 0.05) is 18.7 Å². The average molecular weight is 339 g/mol. The first-order valence-electron chi connectivity index (χ1n) is 8.27. The summed E-state index contributed by atoms with van der Waals surface area (Å²) in [4.78, 5) is 13.9. The van der Waals surface area contributed by atoms with E-state index in [1.807, 2.05) is 56.3 Å². The molecule has 132 valence electrons. The van der Waals surface area contributed by atoms with E-state index in [0.29, 0.717) is 13.2 Å². The normalized spacial score (nSPS) is 10.7. The molecule has 0 bridgehead atoms. The summed E-state index contributed by atoms with van der Waals surface area (Å²) in [5.41, 5.74) is 3.09. The van der Waals surface area contributed by atoms with Crippen LogP contribution in [0.4, 0.5) is 0 Å². The van der Waals surface area contributed by atoms with Crippen molar-refractivity contribution in [1.82, 2.24) is 4.90 Å². The number of amides is 1. The van der Waals surface area contributed by atoms with Gasteiger partial charge in [-0.2, -0.15) is 0 Å². The van der Waals surface area contributed by atoms with E-state index in [9.17, 15) is 4.79 Å². The Morgan fingerprint density at radius 1 is 1.12 bits per heavy atom. The lowest BCUT2D eigenvalue weighted by molar-refractivity contribution is -0.125. The van der Waals surface area contributed by atoms with Crippen LogP contribution in [0.3, 0.4) is 0 Å². The SMILES string of the molecule is COc1ccc(C)cc1/C=C/C(=O)N(C)CCOc1ccccc1C. The number of methoxy groups -OCH3 is 1. The molecule has 2 rings (SSSR count). The highest BCUT2D eigenvalue weighted by atomic mass is 16.5. The summed E-state index contributed by atoms with van der Waals surface area (Å²) in [5, 5.41) is 0. The number of hydrogen-bond acceptors (Lipinski definition) is 3. The van der Waals surface area contributed by atoms with E-state index in [1.165, 1.54) is 0 Å². The monoisotopic (exact) mass is 339 g/mol. The van der Waals surface area contributed by atoms with E-state index in [1.54, 1.807) is 31.2 Å². The van der Waals surface area contributed by atoms with Gasteiger partial charge < -0.3 is 14.4 Å². The van der Waals surface area contributed by atoms with Gasteiger partial charge in [-0.15, -0.1) is 0 Å². The van der Waals surface area contributed by atoms with Crippen molar-refractivity contribution in [3.05, 3.63) is 65.2 Å². The molecule has 0 heterocycles. The fourth-order valence-electron chi connectivity index (χ4n) is 2.39. The highest BCUT2D eigenvalue weighted by Gasteiger charge is 2.07. The van der Waals surface area contributed by atoms with Crippen molar-refractivity contribution in [2.45, 2.75) is 13.8 Å². The Morgan fingerprint density at radius 3 is 2.60 bits per heavy atom. The highest BCUT2D eigenvalue weighted by molar-refractivity contribution is 5.92. The second-order valence-electron chi connectivity index (χ2n) is 5.95. The van der Waals surface area contributed by atoms with Gasteiger partial charge in [-0.3, -0.25) is 4.79 Å². The van der Waals surface area contributed by atoms with Crippen LogP contribution in [0.1, 0.15) is 16.7 Å². The summed E-state index contributed by atoms with van der Waals surface area (Å²) < 4.78 is 11.1. The Kier molecular flexibility index (Phi) is 6.63. The molecule has 0 aliphatic carbocycles. The van der Waals surface area contributed by atoms with Crippen molar-refractivity contribution < 1.29 is 14.3 Å². The number of ether oxygens (including phenoxy) is 2. The molecule has 0 N–H and O–H groups in total. The molecule has 0 atom stereocenters. The van der Waals surface area contributed by atoms with E-state index < -0.39 is 0 Å². The van der Waals surface area contributed by atoms with E-state index in [0.717, 1.165) is 28.2 Å². The second-order valence-corrected chi connectivity index (χ2v) is 5.95. The number of likely N-dealkylation sites (N-methyl/N-ethyl adjacent to an activating group) is 1. The molecule has 2 aromatic carbocycles. The predicted octanol–water partition coefficient (Wildman–Crippen LogP) is 3.86. The Balaban J connectivity index is 1.90. The van der Waals surface area contributed by atoms with Crippen LogP contribution in [-0.4, -0.2) is 38.1 Å². The number of nitrogens with zero attached hydrogens (tertiary/aromatic N) is 1. The number of benzene rings is 2. The van der Waals surface area contributed by atoms with Gasteiger partial charge in [-0.1, -0.05) is 29.8 Å². The number of aryl methyl sites for hydroxylation is 2. The first-order valence-corrected chi connectivity index (χ1v) is 8.27. The van der Waals surface area contributed by atoms with Gasteiger partial charge in [0.05, 0.1) is 13.7 Å². The number of rotatable bonds is 7. The molecule has 0 saturated carbocycles. The molecular weight excluding hydrogens is 314 g/mol. The lowest BCUT2D eigenvalue weighted by Gasteiger charge is -2.16. The first-order chi connectivity index (χ1) is 12.0. The standard InChI is InChI=1S/C21H25NO3/c1-16-9-11-20(24-4)18(15-16)10-12-21(23)22(3)13-14-25-19-8-6-5-7-17(19)2/h5-12,15H,13-14H2,1-4H3/b12-10+. The second kappa shape index (κ2) is 8.92. The molecule has 0 unspecified atom stereocenters. The number of para-hydroxylation sites is 1. The summed E-state index contributed by atoms with van der Waals surface area (Å²) in [6, 6.07) is 13.7. The van der Waals surface area contributed by atoms with Gasteiger partial charge in [0.1, 0.15) is 18.1 Å². The average Bonchev–Trinajstić information content (AvgIpc) is 2.61. The van der Waals surface area contributed by atoms with Gasteiger partial charge in [0.2, 0.25) is 5.91 Å². The van der Waals surface area contributed by atoms with Crippen LogP contribution in [0.5, 0.6) is 11.5 Å². The van der Waals surface area contributed by atoms with E-state index >= 15 is 0 Å². The summed E-state index contributed by atoms with van der Waals surface area (Å²) in [5.74, 6) is 1.53. The number of hydrogen-bond donors (Lipinski definition) is 0. The minimum Gasteiger partial charge on any atom is -0.496 e. The topological polar surface area (TPSA) is 38.8 Å². The Morgan fingerprint density at radius 2 is 1.88 bits per heavy atom. The highest BCUT2D eigenvalue weighted by Crippen LogP contribution is 2.21. The van der Waals surface area contributed by atoms with Crippen LogP contribution in [0.15, 0.2) is 48.5 Å². The Labute approximate surface area is 149 Å². The van der Waals surface area contributed by atoms with Crippen LogP contribution in [-0.2, 0) is 4.79 Å². The molecular formula is C21H25NO3. The van der Waals surface area contributed by atoms with Gasteiger partial charge in [0.25, 0.3) is 0 Å². The van der Waals surface area contributed by atoms with Crippen LogP contribution >= 0.6 is 0 Å². The number of carbonyl (C=O) groups is 1. The zero-order chi connectivity index (χ0) is 18.2. The fraction of sp³-hybridized carbons (Fsp3) is 0.286. The number of carbonyl (C=O) groups excluding carboxylic acids is 1. The molecule has 4 heteroatoms. The molecule has 0 spiro atoms. The summed E-state index contributed by atoms with van der Waals surface area (Å²) >= 11 is 0. The van der Waals surface area contributed by atoms with Crippen LogP contribution < -0.4 is 9.47 Å². The lowest BCUT2D eigenvalue weighted by Crippen LogP contribution is -2.29. The van der Waals surface area contributed by atoms with Crippen molar-refractivity contribution in [2.24, 2.45) is 0 Å². The van der Waals surface area contributed by atoms with Crippen LogP contribution in [0, 0.1) is 13.8 Å². The maximum Gasteiger partial charge on any atom is 0.246 e. The third-order valence-electron chi connectivity index (χ3n) is 3.94.